The van der Waals surface area contributed by atoms with Gasteiger partial charge < -0.3 is 18.9 Å². The first-order valence-electron chi connectivity index (χ1n) is 9.23. The summed E-state index contributed by atoms with van der Waals surface area (Å²) in [5, 5.41) is 0. The Hall–Kier alpha value is -2.54. The summed E-state index contributed by atoms with van der Waals surface area (Å²) in [4.78, 5) is -0.206. The Morgan fingerprint density at radius 3 is 2.06 bits per heavy atom. The Kier molecular flexibility index (Phi) is 6.94. The van der Waals surface area contributed by atoms with Crippen LogP contribution in [0.2, 0.25) is 0 Å². The zero-order chi connectivity index (χ0) is 22.6. The molecular formula is C19H24N2O8S2. The third-order valence-corrected chi connectivity index (χ3v) is 7.97. The molecule has 2 aromatic carbocycles. The third kappa shape index (κ3) is 4.87. The molecule has 10 nitrogen and oxygen atoms in total. The third-order valence-electron chi connectivity index (χ3n) is 4.67. The highest BCUT2D eigenvalue weighted by Crippen LogP contribution is 2.33. The van der Waals surface area contributed by atoms with E-state index < -0.39 is 20.0 Å². The Morgan fingerprint density at radius 2 is 1.45 bits per heavy atom. The van der Waals surface area contributed by atoms with Crippen LogP contribution < -0.4 is 18.9 Å². The molecule has 0 spiro atoms. The predicted molar refractivity (Wildman–Crippen MR) is 113 cm³/mol. The number of hydrogen-bond donors (Lipinski definition) is 1. The lowest BCUT2D eigenvalue weighted by atomic mass is 10.3. The predicted octanol–water partition coefficient (Wildman–Crippen LogP) is 1.53. The van der Waals surface area contributed by atoms with Crippen molar-refractivity contribution in [3.05, 3.63) is 36.4 Å². The number of anilines is 1. The first-order valence-corrected chi connectivity index (χ1v) is 12.2. The van der Waals surface area contributed by atoms with E-state index in [0.29, 0.717) is 5.75 Å². The van der Waals surface area contributed by atoms with Crippen LogP contribution in [0.3, 0.4) is 0 Å². The van der Waals surface area contributed by atoms with Gasteiger partial charge in [-0.25, -0.2) is 16.8 Å². The molecule has 170 valence electrons. The molecule has 2 aromatic rings. The van der Waals surface area contributed by atoms with Crippen LogP contribution in [0.25, 0.3) is 0 Å². The Bertz CT molecular complexity index is 1140. The van der Waals surface area contributed by atoms with Crippen LogP contribution in [0.5, 0.6) is 17.2 Å². The minimum absolute atomic E-state index is 0.0708. The summed E-state index contributed by atoms with van der Waals surface area (Å²) in [7, 11) is -3.75. The van der Waals surface area contributed by atoms with E-state index in [9.17, 15) is 16.8 Å². The molecule has 31 heavy (non-hydrogen) atoms. The monoisotopic (exact) mass is 472 g/mol. The van der Waals surface area contributed by atoms with Gasteiger partial charge in [0.05, 0.1) is 45.1 Å². The second-order valence-corrected chi connectivity index (χ2v) is 10.1. The van der Waals surface area contributed by atoms with Crippen molar-refractivity contribution in [2.24, 2.45) is 0 Å². The molecule has 1 N–H and O–H groups in total. The fourth-order valence-electron chi connectivity index (χ4n) is 3.07. The summed E-state index contributed by atoms with van der Waals surface area (Å²) < 4.78 is 76.3. The van der Waals surface area contributed by atoms with E-state index in [0.717, 1.165) is 0 Å². The van der Waals surface area contributed by atoms with Crippen molar-refractivity contribution in [1.29, 1.82) is 0 Å². The number of ether oxygens (including phenoxy) is 4. The van der Waals surface area contributed by atoms with Crippen LogP contribution in [-0.2, 0) is 24.8 Å². The molecule has 1 fully saturated rings. The normalized spacial score (nSPS) is 15.3. The van der Waals surface area contributed by atoms with E-state index in [1.165, 1.54) is 62.0 Å². The first-order chi connectivity index (χ1) is 14.7. The Morgan fingerprint density at radius 1 is 0.839 bits per heavy atom. The van der Waals surface area contributed by atoms with Crippen molar-refractivity contribution < 1.29 is 35.8 Å². The van der Waals surface area contributed by atoms with Gasteiger partial charge in [-0.05, 0) is 30.3 Å². The highest BCUT2D eigenvalue weighted by atomic mass is 32.2. The summed E-state index contributed by atoms with van der Waals surface area (Å²) >= 11 is 0. The average Bonchev–Trinajstić information content (AvgIpc) is 2.78. The number of rotatable bonds is 8. The molecule has 0 saturated carbocycles. The van der Waals surface area contributed by atoms with E-state index in [2.05, 4.69) is 4.72 Å². The van der Waals surface area contributed by atoms with Gasteiger partial charge in [0.2, 0.25) is 10.0 Å². The van der Waals surface area contributed by atoms with Gasteiger partial charge in [-0.3, -0.25) is 4.72 Å². The number of sulfonamides is 2. The maximum atomic E-state index is 13.1. The zero-order valence-electron chi connectivity index (χ0n) is 17.3. The van der Waals surface area contributed by atoms with Crippen molar-refractivity contribution in [2.45, 2.75) is 9.79 Å². The second-order valence-electron chi connectivity index (χ2n) is 6.50. The number of nitrogens with zero attached hydrogens (tertiary/aromatic N) is 1. The molecule has 0 atom stereocenters. The molecule has 0 aliphatic carbocycles. The SMILES string of the molecule is COc1ccc(S(=O)(=O)Nc2ccc(OC)c(S(=O)(=O)N3CCOCC3)c2)cc1OC. The van der Waals surface area contributed by atoms with Crippen molar-refractivity contribution in [1.82, 2.24) is 4.31 Å². The van der Waals surface area contributed by atoms with Crippen LogP contribution in [0, 0.1) is 0 Å². The maximum absolute atomic E-state index is 13.1. The number of hydrogen-bond acceptors (Lipinski definition) is 8. The maximum Gasteiger partial charge on any atom is 0.262 e. The van der Waals surface area contributed by atoms with Gasteiger partial charge in [0.25, 0.3) is 10.0 Å². The molecule has 0 unspecified atom stereocenters. The van der Waals surface area contributed by atoms with Gasteiger partial charge in [0.1, 0.15) is 10.6 Å². The lowest BCUT2D eigenvalue weighted by Gasteiger charge is -2.26. The molecule has 1 aliphatic rings. The van der Waals surface area contributed by atoms with Gasteiger partial charge in [-0.1, -0.05) is 0 Å². The Balaban J connectivity index is 1.96. The molecule has 0 bridgehead atoms. The standard InChI is InChI=1S/C19H24N2O8S2/c1-26-16-7-5-15(13-18(16)28-3)30(22,23)20-14-4-6-17(27-2)19(12-14)31(24,25)21-8-10-29-11-9-21/h4-7,12-13,20H,8-11H2,1-3H3. The van der Waals surface area contributed by atoms with Crippen molar-refractivity contribution in [2.75, 3.05) is 52.4 Å². The molecule has 0 aromatic heterocycles. The quantitative estimate of drug-likeness (QED) is 0.614. The topological polar surface area (TPSA) is 120 Å². The van der Waals surface area contributed by atoms with E-state index in [4.69, 9.17) is 18.9 Å². The number of methoxy groups -OCH3 is 3. The fraction of sp³-hybridized carbons (Fsp3) is 0.368. The minimum Gasteiger partial charge on any atom is -0.495 e. The number of morpholine rings is 1. The molecule has 1 aliphatic heterocycles. The van der Waals surface area contributed by atoms with E-state index in [1.807, 2.05) is 0 Å². The average molecular weight is 473 g/mol. The zero-order valence-corrected chi connectivity index (χ0v) is 19.0. The van der Waals surface area contributed by atoms with Crippen LogP contribution in [0.15, 0.2) is 46.2 Å². The smallest absolute Gasteiger partial charge is 0.262 e. The van der Waals surface area contributed by atoms with Crippen LogP contribution in [0.1, 0.15) is 0 Å². The summed E-state index contributed by atoms with van der Waals surface area (Å²) in [6.07, 6.45) is 0. The first kappa shape index (κ1) is 23.1. The van der Waals surface area contributed by atoms with Gasteiger partial charge in [-0.2, -0.15) is 4.31 Å². The summed E-state index contributed by atoms with van der Waals surface area (Å²) in [6.45, 7) is 0.973. The van der Waals surface area contributed by atoms with Crippen LogP contribution >= 0.6 is 0 Å². The molecular weight excluding hydrogens is 448 g/mol. The lowest BCUT2D eigenvalue weighted by molar-refractivity contribution is 0.0729. The molecule has 3 rings (SSSR count). The number of benzene rings is 2. The largest absolute Gasteiger partial charge is 0.495 e. The molecule has 0 amide bonds. The summed E-state index contributed by atoms with van der Waals surface area (Å²) in [6, 6.07) is 8.21. The van der Waals surface area contributed by atoms with Gasteiger partial charge in [0, 0.05) is 19.2 Å². The summed E-state index contributed by atoms with van der Waals surface area (Å²) in [5.41, 5.74) is 0.0717. The van der Waals surface area contributed by atoms with Gasteiger partial charge in [-0.15, -0.1) is 0 Å². The Labute approximate surface area is 181 Å². The van der Waals surface area contributed by atoms with Crippen LogP contribution in [-0.4, -0.2) is 68.8 Å². The summed E-state index contributed by atoms with van der Waals surface area (Å²) in [5.74, 6) is 0.737. The van der Waals surface area contributed by atoms with E-state index >= 15 is 0 Å². The molecule has 1 heterocycles. The molecule has 0 radical (unpaired) electrons. The fourth-order valence-corrected chi connectivity index (χ4v) is 5.72. The highest BCUT2D eigenvalue weighted by Gasteiger charge is 2.30. The highest BCUT2D eigenvalue weighted by molar-refractivity contribution is 7.92. The van der Waals surface area contributed by atoms with Crippen LogP contribution in [0.4, 0.5) is 5.69 Å². The minimum atomic E-state index is -4.03. The van der Waals surface area contributed by atoms with Crippen molar-refractivity contribution in [3.8, 4) is 17.2 Å². The molecule has 1 saturated heterocycles. The lowest BCUT2D eigenvalue weighted by Crippen LogP contribution is -2.40. The molecule has 12 heteroatoms. The van der Waals surface area contributed by atoms with Crippen molar-refractivity contribution >= 4 is 25.7 Å². The van der Waals surface area contributed by atoms with E-state index in [-0.39, 0.29) is 53.3 Å². The second kappa shape index (κ2) is 9.30. The van der Waals surface area contributed by atoms with Gasteiger partial charge >= 0.3 is 0 Å². The number of nitrogens with one attached hydrogen (secondary N) is 1. The van der Waals surface area contributed by atoms with Crippen molar-refractivity contribution in [3.63, 3.8) is 0 Å². The van der Waals surface area contributed by atoms with Gasteiger partial charge in [0.15, 0.2) is 11.5 Å². The van der Waals surface area contributed by atoms with E-state index in [1.54, 1.807) is 0 Å².